The molecule has 2 heterocycles. The van der Waals surface area contributed by atoms with E-state index in [0.29, 0.717) is 11.1 Å². The highest BCUT2D eigenvalue weighted by atomic mass is 16.5. The lowest BCUT2D eigenvalue weighted by Gasteiger charge is -2.14. The van der Waals surface area contributed by atoms with Crippen molar-refractivity contribution < 1.29 is 14.3 Å². The van der Waals surface area contributed by atoms with Gasteiger partial charge in [0, 0.05) is 22.7 Å². The number of nitrogens with zero attached hydrogens (tertiary/aromatic N) is 3. The fourth-order valence-corrected chi connectivity index (χ4v) is 3.30. The summed E-state index contributed by atoms with van der Waals surface area (Å²) in [4.78, 5) is 16.8. The predicted octanol–water partition coefficient (Wildman–Crippen LogP) is 4.51. The van der Waals surface area contributed by atoms with Gasteiger partial charge in [0.15, 0.2) is 5.82 Å². The molecule has 4 aromatic rings. The van der Waals surface area contributed by atoms with Gasteiger partial charge >= 0.3 is 5.97 Å². The number of imidazole rings is 1. The first kappa shape index (κ1) is 19.7. The summed E-state index contributed by atoms with van der Waals surface area (Å²) in [6.07, 6.45) is 0. The molecule has 0 radical (unpaired) electrons. The molecule has 4 rings (SSSR count). The van der Waals surface area contributed by atoms with Crippen LogP contribution in [0.4, 0.5) is 0 Å². The van der Waals surface area contributed by atoms with Gasteiger partial charge in [0.2, 0.25) is 0 Å². The molecule has 154 valence electrons. The molecule has 7 heteroatoms. The molecular weight excluding hydrogens is 380 g/mol. The summed E-state index contributed by atoms with van der Waals surface area (Å²) in [5, 5.41) is 7.69. The number of H-pyrrole nitrogens is 1. The summed E-state index contributed by atoms with van der Waals surface area (Å²) in [6, 6.07) is 15.1. The lowest BCUT2D eigenvalue weighted by molar-refractivity contribution is 0.0601. The molecule has 0 aliphatic rings. The third-order valence-corrected chi connectivity index (χ3v) is 5.03. The number of nitrogens with one attached hydrogen (secondary N) is 1. The summed E-state index contributed by atoms with van der Waals surface area (Å²) in [7, 11) is 3.00. The van der Waals surface area contributed by atoms with Crippen LogP contribution in [0.3, 0.4) is 0 Å². The molecule has 0 bridgehead atoms. The molecule has 0 saturated heterocycles. The quantitative estimate of drug-likeness (QED) is 0.506. The highest BCUT2D eigenvalue weighted by Crippen LogP contribution is 2.31. The second-order valence-corrected chi connectivity index (χ2v) is 8.08. The third kappa shape index (κ3) is 3.43. The lowest BCUT2D eigenvalue weighted by atomic mass is 9.92. The molecule has 2 aromatic carbocycles. The largest absolute Gasteiger partial charge is 0.497 e. The monoisotopic (exact) mass is 404 g/mol. The molecule has 30 heavy (non-hydrogen) atoms. The fourth-order valence-electron chi connectivity index (χ4n) is 3.30. The molecule has 0 saturated carbocycles. The topological polar surface area (TPSA) is 82.0 Å². The number of hydrogen-bond acceptors (Lipinski definition) is 5. The molecule has 0 fully saturated rings. The Morgan fingerprint density at radius 2 is 1.77 bits per heavy atom. The van der Waals surface area contributed by atoms with Crippen LogP contribution in [0.15, 0.2) is 48.5 Å². The third-order valence-electron chi connectivity index (χ3n) is 5.03. The van der Waals surface area contributed by atoms with E-state index in [2.05, 4.69) is 31.0 Å². The van der Waals surface area contributed by atoms with Gasteiger partial charge < -0.3 is 9.47 Å². The van der Waals surface area contributed by atoms with E-state index >= 15 is 0 Å². The molecular formula is C23H24N4O3. The highest BCUT2D eigenvalue weighted by Gasteiger charge is 2.21. The van der Waals surface area contributed by atoms with Crippen LogP contribution < -0.4 is 4.74 Å². The number of benzene rings is 2. The second-order valence-electron chi connectivity index (χ2n) is 8.08. The van der Waals surface area contributed by atoms with Crippen molar-refractivity contribution in [1.29, 1.82) is 0 Å². The first-order chi connectivity index (χ1) is 14.3. The Labute approximate surface area is 174 Å². The van der Waals surface area contributed by atoms with Gasteiger partial charge in [0.1, 0.15) is 11.6 Å². The van der Waals surface area contributed by atoms with E-state index in [-0.39, 0.29) is 5.41 Å². The van der Waals surface area contributed by atoms with Gasteiger partial charge in [-0.05, 0) is 42.5 Å². The predicted molar refractivity (Wildman–Crippen MR) is 115 cm³/mol. The van der Waals surface area contributed by atoms with E-state index in [4.69, 9.17) is 14.5 Å². The summed E-state index contributed by atoms with van der Waals surface area (Å²) < 4.78 is 12.1. The van der Waals surface area contributed by atoms with Crippen molar-refractivity contribution >= 4 is 17.0 Å². The Hall–Kier alpha value is -3.61. The van der Waals surface area contributed by atoms with E-state index in [1.54, 1.807) is 19.2 Å². The van der Waals surface area contributed by atoms with E-state index < -0.39 is 5.97 Å². The maximum absolute atomic E-state index is 12.0. The SMILES string of the molecule is COC(=O)c1ccc2c(c1)nc(-c1ccc(OC)cc1)n2-c1cc(C(C)(C)C)[nH]n1. The van der Waals surface area contributed by atoms with Crippen molar-refractivity contribution in [3.05, 3.63) is 59.8 Å². The number of aromatic amines is 1. The molecule has 0 atom stereocenters. The van der Waals surface area contributed by atoms with Crippen LogP contribution in [-0.4, -0.2) is 39.9 Å². The van der Waals surface area contributed by atoms with Crippen LogP contribution >= 0.6 is 0 Å². The zero-order chi connectivity index (χ0) is 21.5. The Bertz CT molecular complexity index is 1210. The molecule has 2 aromatic heterocycles. The van der Waals surface area contributed by atoms with Crippen LogP contribution in [0.1, 0.15) is 36.8 Å². The van der Waals surface area contributed by atoms with Crippen LogP contribution in [-0.2, 0) is 10.2 Å². The number of methoxy groups -OCH3 is 2. The van der Waals surface area contributed by atoms with Crippen molar-refractivity contribution in [3.8, 4) is 23.0 Å². The van der Waals surface area contributed by atoms with Gasteiger partial charge in [0.25, 0.3) is 0 Å². The van der Waals surface area contributed by atoms with Crippen LogP contribution in [0.25, 0.3) is 28.2 Å². The van der Waals surface area contributed by atoms with Gasteiger partial charge in [-0.15, -0.1) is 0 Å². The standard InChI is InChI=1S/C23H24N4O3/c1-23(2,3)19-13-20(26-25-19)27-18-11-8-15(22(28)30-5)12-17(18)24-21(27)14-6-9-16(29-4)10-7-14/h6-13H,1-5H3,(H,25,26). The number of esters is 1. The van der Waals surface area contributed by atoms with Crippen molar-refractivity contribution in [2.75, 3.05) is 14.2 Å². The van der Waals surface area contributed by atoms with Crippen molar-refractivity contribution in [1.82, 2.24) is 19.7 Å². The zero-order valence-electron chi connectivity index (χ0n) is 17.7. The van der Waals surface area contributed by atoms with E-state index in [9.17, 15) is 4.79 Å². The minimum absolute atomic E-state index is 0.0695. The Morgan fingerprint density at radius 1 is 1.03 bits per heavy atom. The van der Waals surface area contributed by atoms with Crippen molar-refractivity contribution in [3.63, 3.8) is 0 Å². The summed E-state index contributed by atoms with van der Waals surface area (Å²) in [5.74, 6) is 1.83. The molecule has 1 N–H and O–H groups in total. The smallest absolute Gasteiger partial charge is 0.337 e. The minimum atomic E-state index is -0.396. The van der Waals surface area contributed by atoms with Crippen molar-refractivity contribution in [2.45, 2.75) is 26.2 Å². The molecule has 0 spiro atoms. The fraction of sp³-hybridized carbons (Fsp3) is 0.261. The Balaban J connectivity index is 1.94. The average Bonchev–Trinajstić information content (AvgIpc) is 3.37. The first-order valence-electron chi connectivity index (χ1n) is 9.63. The number of fused-ring (bicyclic) bond motifs is 1. The molecule has 7 nitrogen and oxygen atoms in total. The number of rotatable bonds is 4. The van der Waals surface area contributed by atoms with Gasteiger partial charge in [0.05, 0.1) is 30.8 Å². The van der Waals surface area contributed by atoms with E-state index in [0.717, 1.165) is 34.2 Å². The number of ether oxygens (including phenoxy) is 2. The van der Waals surface area contributed by atoms with Gasteiger partial charge in [-0.25, -0.2) is 9.78 Å². The summed E-state index contributed by atoms with van der Waals surface area (Å²) >= 11 is 0. The lowest BCUT2D eigenvalue weighted by Crippen LogP contribution is -2.11. The average molecular weight is 404 g/mol. The molecule has 0 unspecified atom stereocenters. The molecule has 0 amide bonds. The summed E-state index contributed by atoms with van der Waals surface area (Å²) in [6.45, 7) is 6.38. The Morgan fingerprint density at radius 3 is 2.37 bits per heavy atom. The van der Waals surface area contributed by atoms with Crippen LogP contribution in [0.5, 0.6) is 5.75 Å². The zero-order valence-corrected chi connectivity index (χ0v) is 17.7. The van der Waals surface area contributed by atoms with Crippen LogP contribution in [0.2, 0.25) is 0 Å². The first-order valence-corrected chi connectivity index (χ1v) is 9.63. The Kier molecular flexibility index (Phi) is 4.81. The number of carbonyl (C=O) groups excluding carboxylic acids is 1. The normalized spacial score (nSPS) is 11.6. The molecule has 0 aliphatic carbocycles. The minimum Gasteiger partial charge on any atom is -0.497 e. The highest BCUT2D eigenvalue weighted by molar-refractivity contribution is 5.94. The number of aromatic nitrogens is 4. The van der Waals surface area contributed by atoms with E-state index in [1.165, 1.54) is 7.11 Å². The van der Waals surface area contributed by atoms with E-state index in [1.807, 2.05) is 41.0 Å². The second kappa shape index (κ2) is 7.33. The number of carbonyl (C=O) groups is 1. The number of hydrogen-bond donors (Lipinski definition) is 1. The summed E-state index contributed by atoms with van der Waals surface area (Å²) in [5.41, 5.74) is 3.84. The van der Waals surface area contributed by atoms with Gasteiger partial charge in [-0.2, -0.15) is 5.10 Å². The maximum Gasteiger partial charge on any atom is 0.337 e. The van der Waals surface area contributed by atoms with Gasteiger partial charge in [-0.1, -0.05) is 20.8 Å². The maximum atomic E-state index is 12.0. The van der Waals surface area contributed by atoms with Gasteiger partial charge in [-0.3, -0.25) is 9.67 Å². The van der Waals surface area contributed by atoms with Crippen LogP contribution in [0, 0.1) is 0 Å². The molecule has 0 aliphatic heterocycles. The van der Waals surface area contributed by atoms with Crippen molar-refractivity contribution in [2.24, 2.45) is 0 Å².